The molecule has 0 spiro atoms. The van der Waals surface area contributed by atoms with Gasteiger partial charge < -0.3 is 15.7 Å². The van der Waals surface area contributed by atoms with E-state index >= 15 is 0 Å². The zero-order valence-electron chi connectivity index (χ0n) is 11.5. The molecule has 1 heterocycles. The molecule has 3 unspecified atom stereocenters. The number of nitrogens with zero attached hydrogens (tertiary/aromatic N) is 1. The molecule has 0 saturated heterocycles. The van der Waals surface area contributed by atoms with Crippen molar-refractivity contribution < 1.29 is 14.7 Å². The predicted octanol–water partition coefficient (Wildman–Crippen LogP) is 2.39. The lowest BCUT2D eigenvalue weighted by atomic mass is 10.1. The Hall–Kier alpha value is -1.63. The van der Waals surface area contributed by atoms with Crippen LogP contribution in [0.25, 0.3) is 0 Å². The van der Waals surface area contributed by atoms with Crippen LogP contribution in [0.5, 0.6) is 0 Å². The number of carbonyl (C=O) groups is 2. The summed E-state index contributed by atoms with van der Waals surface area (Å²) >= 11 is 1.24. The van der Waals surface area contributed by atoms with Gasteiger partial charge in [0.05, 0.1) is 6.04 Å². The fourth-order valence-corrected chi connectivity index (χ4v) is 3.21. The van der Waals surface area contributed by atoms with Crippen molar-refractivity contribution in [2.45, 2.75) is 45.2 Å². The van der Waals surface area contributed by atoms with E-state index in [0.717, 1.165) is 19.3 Å². The molecule has 1 aromatic rings. The highest BCUT2D eigenvalue weighted by atomic mass is 32.1. The number of thiazole rings is 1. The van der Waals surface area contributed by atoms with Crippen LogP contribution in [0, 0.1) is 5.92 Å². The first kappa shape index (κ1) is 14.8. The second-order valence-corrected chi connectivity index (χ2v) is 6.22. The first-order chi connectivity index (χ1) is 9.45. The Morgan fingerprint density at radius 2 is 2.25 bits per heavy atom. The van der Waals surface area contributed by atoms with Crippen molar-refractivity contribution in [2.24, 2.45) is 5.92 Å². The molecule has 0 aromatic carbocycles. The molecule has 110 valence electrons. The lowest BCUT2D eigenvalue weighted by Crippen LogP contribution is -2.42. The zero-order chi connectivity index (χ0) is 14.7. The number of carboxylic acids is 1. The maximum absolute atomic E-state index is 11.9. The number of hydrogen-bond acceptors (Lipinski definition) is 4. The Morgan fingerprint density at radius 1 is 1.50 bits per heavy atom. The third kappa shape index (κ3) is 3.69. The second-order valence-electron chi connectivity index (χ2n) is 5.33. The van der Waals surface area contributed by atoms with Gasteiger partial charge in [-0.1, -0.05) is 6.92 Å². The average molecular weight is 297 g/mol. The summed E-state index contributed by atoms with van der Waals surface area (Å²) in [5.41, 5.74) is 0.0173. The standard InChI is InChI=1S/C13H19N3O3S/c1-7-3-4-9(5-7)15-13(19)14-8(2)11-16-10(6-20-11)12(17)18/h6-9H,3-5H2,1-2H3,(H,17,18)(H2,14,15,19). The van der Waals surface area contributed by atoms with E-state index in [9.17, 15) is 9.59 Å². The number of urea groups is 1. The van der Waals surface area contributed by atoms with E-state index in [1.807, 2.05) is 0 Å². The van der Waals surface area contributed by atoms with Crippen LogP contribution in [-0.4, -0.2) is 28.1 Å². The molecule has 1 aromatic heterocycles. The van der Waals surface area contributed by atoms with Crippen LogP contribution in [0.3, 0.4) is 0 Å². The van der Waals surface area contributed by atoms with Gasteiger partial charge in [-0.05, 0) is 32.1 Å². The quantitative estimate of drug-likeness (QED) is 0.795. The third-order valence-electron chi connectivity index (χ3n) is 3.49. The van der Waals surface area contributed by atoms with Gasteiger partial charge in [0.1, 0.15) is 5.01 Å². The summed E-state index contributed by atoms with van der Waals surface area (Å²) in [5, 5.41) is 16.6. The smallest absolute Gasteiger partial charge is 0.355 e. The molecule has 6 nitrogen and oxygen atoms in total. The Balaban J connectivity index is 1.85. The van der Waals surface area contributed by atoms with Crippen LogP contribution in [-0.2, 0) is 0 Å². The van der Waals surface area contributed by atoms with Gasteiger partial charge in [0.2, 0.25) is 0 Å². The van der Waals surface area contributed by atoms with E-state index in [-0.39, 0.29) is 23.8 Å². The van der Waals surface area contributed by atoms with Gasteiger partial charge in [0.15, 0.2) is 5.69 Å². The highest BCUT2D eigenvalue weighted by Crippen LogP contribution is 2.24. The zero-order valence-corrected chi connectivity index (χ0v) is 12.4. The van der Waals surface area contributed by atoms with E-state index in [0.29, 0.717) is 10.9 Å². The van der Waals surface area contributed by atoms with Crippen LogP contribution >= 0.6 is 11.3 Å². The molecule has 1 saturated carbocycles. The van der Waals surface area contributed by atoms with E-state index in [1.54, 1.807) is 6.92 Å². The molecule has 2 rings (SSSR count). The average Bonchev–Trinajstić information content (AvgIpc) is 2.98. The minimum absolute atomic E-state index is 0.0173. The fraction of sp³-hybridized carbons (Fsp3) is 0.615. The number of aromatic nitrogens is 1. The molecular weight excluding hydrogens is 278 g/mol. The van der Waals surface area contributed by atoms with E-state index in [1.165, 1.54) is 16.7 Å². The van der Waals surface area contributed by atoms with Crippen molar-refractivity contribution >= 4 is 23.3 Å². The van der Waals surface area contributed by atoms with E-state index < -0.39 is 5.97 Å². The van der Waals surface area contributed by atoms with Gasteiger partial charge in [-0.2, -0.15) is 0 Å². The van der Waals surface area contributed by atoms with Crippen LogP contribution in [0.4, 0.5) is 4.79 Å². The van der Waals surface area contributed by atoms with Crippen molar-refractivity contribution in [2.75, 3.05) is 0 Å². The maximum Gasteiger partial charge on any atom is 0.355 e. The van der Waals surface area contributed by atoms with Gasteiger partial charge in [-0.3, -0.25) is 0 Å². The summed E-state index contributed by atoms with van der Waals surface area (Å²) in [7, 11) is 0. The number of amides is 2. The SMILES string of the molecule is CC1CCC(NC(=O)NC(C)c2nc(C(=O)O)cs2)C1. The van der Waals surface area contributed by atoms with Crippen LogP contribution < -0.4 is 10.6 Å². The fourth-order valence-electron chi connectivity index (χ4n) is 2.41. The monoisotopic (exact) mass is 297 g/mol. The molecule has 1 aliphatic rings. The highest BCUT2D eigenvalue weighted by molar-refractivity contribution is 7.09. The Kier molecular flexibility index (Phi) is 4.59. The largest absolute Gasteiger partial charge is 0.476 e. The summed E-state index contributed by atoms with van der Waals surface area (Å²) < 4.78 is 0. The van der Waals surface area contributed by atoms with Crippen LogP contribution in [0.1, 0.15) is 54.6 Å². The highest BCUT2D eigenvalue weighted by Gasteiger charge is 2.23. The van der Waals surface area contributed by atoms with E-state index in [4.69, 9.17) is 5.11 Å². The summed E-state index contributed by atoms with van der Waals surface area (Å²) in [6.45, 7) is 3.98. The predicted molar refractivity (Wildman–Crippen MR) is 76.0 cm³/mol. The first-order valence-electron chi connectivity index (χ1n) is 6.71. The lowest BCUT2D eigenvalue weighted by molar-refractivity contribution is 0.0691. The van der Waals surface area contributed by atoms with Crippen molar-refractivity contribution in [1.82, 2.24) is 15.6 Å². The number of aromatic carboxylic acids is 1. The van der Waals surface area contributed by atoms with Gasteiger partial charge in [-0.25, -0.2) is 14.6 Å². The lowest BCUT2D eigenvalue weighted by Gasteiger charge is -2.16. The Morgan fingerprint density at radius 3 is 2.80 bits per heavy atom. The van der Waals surface area contributed by atoms with Gasteiger partial charge in [-0.15, -0.1) is 11.3 Å². The first-order valence-corrected chi connectivity index (χ1v) is 7.59. The normalized spacial score (nSPS) is 23.3. The number of carbonyl (C=O) groups excluding carboxylic acids is 1. The minimum atomic E-state index is -1.05. The van der Waals surface area contributed by atoms with Crippen LogP contribution in [0.15, 0.2) is 5.38 Å². The number of hydrogen-bond donors (Lipinski definition) is 3. The Bertz CT molecular complexity index is 503. The van der Waals surface area contributed by atoms with E-state index in [2.05, 4.69) is 22.5 Å². The number of nitrogens with one attached hydrogen (secondary N) is 2. The molecule has 20 heavy (non-hydrogen) atoms. The number of rotatable bonds is 4. The summed E-state index contributed by atoms with van der Waals surface area (Å²) in [6.07, 6.45) is 3.18. The molecule has 0 radical (unpaired) electrons. The molecule has 7 heteroatoms. The van der Waals surface area contributed by atoms with Crippen molar-refractivity contribution in [1.29, 1.82) is 0 Å². The second kappa shape index (κ2) is 6.21. The minimum Gasteiger partial charge on any atom is -0.476 e. The number of carboxylic acid groups (broad SMARTS) is 1. The van der Waals surface area contributed by atoms with Gasteiger partial charge in [0, 0.05) is 11.4 Å². The molecule has 1 aliphatic carbocycles. The molecule has 0 bridgehead atoms. The van der Waals surface area contributed by atoms with Crippen LogP contribution in [0.2, 0.25) is 0 Å². The van der Waals surface area contributed by atoms with Gasteiger partial charge >= 0.3 is 12.0 Å². The third-order valence-corrected chi connectivity index (χ3v) is 4.52. The molecular formula is C13H19N3O3S. The van der Waals surface area contributed by atoms with Crippen molar-refractivity contribution in [3.05, 3.63) is 16.1 Å². The summed E-state index contributed by atoms with van der Waals surface area (Å²) in [5.74, 6) is -0.390. The summed E-state index contributed by atoms with van der Waals surface area (Å²) in [6, 6.07) is -0.279. The van der Waals surface area contributed by atoms with Crippen molar-refractivity contribution in [3.63, 3.8) is 0 Å². The maximum atomic E-state index is 11.9. The van der Waals surface area contributed by atoms with Crippen molar-refractivity contribution in [3.8, 4) is 0 Å². The Labute approximate surface area is 121 Å². The summed E-state index contributed by atoms with van der Waals surface area (Å²) in [4.78, 5) is 26.6. The topological polar surface area (TPSA) is 91.3 Å². The van der Waals surface area contributed by atoms with Gasteiger partial charge in [0.25, 0.3) is 0 Å². The molecule has 1 fully saturated rings. The molecule has 2 amide bonds. The molecule has 0 aliphatic heterocycles. The molecule has 3 N–H and O–H groups in total. The molecule has 3 atom stereocenters.